The summed E-state index contributed by atoms with van der Waals surface area (Å²) in [5, 5.41) is 26.0. The van der Waals surface area contributed by atoms with Crippen LogP contribution in [0.5, 0.6) is 0 Å². The third-order valence-corrected chi connectivity index (χ3v) is 4.37. The highest BCUT2D eigenvalue weighted by Crippen LogP contribution is 2.33. The fraction of sp³-hybridized carbons (Fsp3) is 0.0455. The molecule has 0 aliphatic carbocycles. The van der Waals surface area contributed by atoms with Gasteiger partial charge in [0.2, 0.25) is 5.78 Å². The Morgan fingerprint density at radius 3 is 2.06 bits per heavy atom. The number of non-ortho nitro benzene ring substituents is 1. The SMILES string of the molecule is CC(=O)O/N=C(\C(=O)c1ccc(-c2ccc([N+](=O)[O-])cc2[N+](=O)[O-])cc1)c1ccccc1. The number of benzene rings is 3. The first-order valence-corrected chi connectivity index (χ1v) is 9.17. The maximum atomic E-state index is 13.0. The van der Waals surface area contributed by atoms with Crippen molar-refractivity contribution >= 4 is 28.8 Å². The fourth-order valence-electron chi connectivity index (χ4n) is 2.90. The van der Waals surface area contributed by atoms with Crippen LogP contribution in [-0.2, 0) is 9.63 Å². The fourth-order valence-corrected chi connectivity index (χ4v) is 2.90. The van der Waals surface area contributed by atoms with Crippen LogP contribution < -0.4 is 0 Å². The zero-order chi connectivity index (χ0) is 23.3. The highest BCUT2D eigenvalue weighted by atomic mass is 16.7. The van der Waals surface area contributed by atoms with Crippen molar-refractivity contribution < 1.29 is 24.3 Å². The Kier molecular flexibility index (Phi) is 6.44. The highest BCUT2D eigenvalue weighted by Gasteiger charge is 2.22. The summed E-state index contributed by atoms with van der Waals surface area (Å²) in [6, 6.07) is 17.6. The summed E-state index contributed by atoms with van der Waals surface area (Å²) in [6.45, 7) is 1.16. The van der Waals surface area contributed by atoms with Crippen molar-refractivity contribution in [1.82, 2.24) is 0 Å². The minimum atomic E-state index is -0.716. The molecule has 0 aromatic heterocycles. The van der Waals surface area contributed by atoms with Crippen LogP contribution in [0.15, 0.2) is 78.0 Å². The van der Waals surface area contributed by atoms with Crippen molar-refractivity contribution in [1.29, 1.82) is 0 Å². The molecule has 0 aliphatic heterocycles. The first kappa shape index (κ1) is 22.0. The van der Waals surface area contributed by atoms with Gasteiger partial charge in [-0.05, 0) is 11.6 Å². The van der Waals surface area contributed by atoms with Crippen LogP contribution in [0.2, 0.25) is 0 Å². The van der Waals surface area contributed by atoms with Crippen LogP contribution in [0.4, 0.5) is 11.4 Å². The van der Waals surface area contributed by atoms with Crippen molar-refractivity contribution in [2.45, 2.75) is 6.92 Å². The van der Waals surface area contributed by atoms with Crippen LogP contribution >= 0.6 is 0 Å². The van der Waals surface area contributed by atoms with Crippen molar-refractivity contribution in [2.75, 3.05) is 0 Å². The van der Waals surface area contributed by atoms with Gasteiger partial charge >= 0.3 is 5.97 Å². The maximum absolute atomic E-state index is 13.0. The van der Waals surface area contributed by atoms with Gasteiger partial charge in [-0.15, -0.1) is 0 Å². The molecule has 0 fully saturated rings. The summed E-state index contributed by atoms with van der Waals surface area (Å²) in [5.74, 6) is -1.21. The zero-order valence-corrected chi connectivity index (χ0v) is 16.6. The van der Waals surface area contributed by atoms with E-state index >= 15 is 0 Å². The minimum absolute atomic E-state index is 0.0881. The van der Waals surface area contributed by atoms with E-state index in [1.807, 2.05) is 0 Å². The zero-order valence-electron chi connectivity index (χ0n) is 16.6. The Morgan fingerprint density at radius 1 is 0.844 bits per heavy atom. The topological polar surface area (TPSA) is 142 Å². The second-order valence-corrected chi connectivity index (χ2v) is 6.51. The molecule has 0 aliphatic rings. The van der Waals surface area contributed by atoms with E-state index in [0.717, 1.165) is 13.0 Å². The molecule has 3 aromatic carbocycles. The summed E-state index contributed by atoms with van der Waals surface area (Å²) >= 11 is 0. The Balaban J connectivity index is 1.98. The van der Waals surface area contributed by atoms with Gasteiger partial charge in [-0.2, -0.15) is 0 Å². The number of hydrogen-bond acceptors (Lipinski definition) is 8. The van der Waals surface area contributed by atoms with Crippen molar-refractivity contribution in [3.05, 3.63) is 104 Å². The number of carbonyl (C=O) groups is 2. The molecule has 0 saturated carbocycles. The normalized spacial score (nSPS) is 11.0. The van der Waals surface area contributed by atoms with Crippen molar-refractivity contribution in [2.24, 2.45) is 5.16 Å². The predicted octanol–water partition coefficient (Wildman–Crippen LogP) is 4.32. The predicted molar refractivity (Wildman–Crippen MR) is 114 cm³/mol. The number of Topliss-reactive ketones (excluding diaryl/α,β-unsaturated/α-hetero) is 1. The molecule has 0 radical (unpaired) electrons. The van der Waals surface area contributed by atoms with E-state index in [1.54, 1.807) is 30.3 Å². The van der Waals surface area contributed by atoms with Crippen molar-refractivity contribution in [3.8, 4) is 11.1 Å². The summed E-state index contributed by atoms with van der Waals surface area (Å²) in [4.78, 5) is 49.7. The number of hydrogen-bond donors (Lipinski definition) is 0. The lowest BCUT2D eigenvalue weighted by Gasteiger charge is -2.07. The summed E-state index contributed by atoms with van der Waals surface area (Å²) in [7, 11) is 0. The van der Waals surface area contributed by atoms with E-state index < -0.39 is 33.0 Å². The molecule has 10 heteroatoms. The number of oxime groups is 1. The Bertz CT molecular complexity index is 1240. The molecular weight excluding hydrogens is 418 g/mol. The first-order valence-electron chi connectivity index (χ1n) is 9.17. The molecule has 160 valence electrons. The van der Waals surface area contributed by atoms with Crippen molar-refractivity contribution in [3.63, 3.8) is 0 Å². The second-order valence-electron chi connectivity index (χ2n) is 6.51. The molecule has 0 amide bonds. The van der Waals surface area contributed by atoms with Crippen LogP contribution in [0.1, 0.15) is 22.8 Å². The molecule has 3 rings (SSSR count). The third-order valence-electron chi connectivity index (χ3n) is 4.37. The van der Waals surface area contributed by atoms with E-state index in [1.165, 1.54) is 36.4 Å². The summed E-state index contributed by atoms with van der Waals surface area (Å²) in [6.07, 6.45) is 0. The van der Waals surface area contributed by atoms with Gasteiger partial charge < -0.3 is 4.84 Å². The lowest BCUT2D eigenvalue weighted by Crippen LogP contribution is -2.17. The lowest BCUT2D eigenvalue weighted by atomic mass is 9.97. The number of nitrogens with zero attached hydrogens (tertiary/aromatic N) is 3. The molecular formula is C22H15N3O7. The Hall–Kier alpha value is -4.73. The minimum Gasteiger partial charge on any atom is -0.318 e. The molecule has 0 atom stereocenters. The molecule has 0 saturated heterocycles. The molecule has 32 heavy (non-hydrogen) atoms. The van der Waals surface area contributed by atoms with E-state index in [2.05, 4.69) is 9.99 Å². The monoisotopic (exact) mass is 433 g/mol. The highest BCUT2D eigenvalue weighted by molar-refractivity contribution is 6.51. The lowest BCUT2D eigenvalue weighted by molar-refractivity contribution is -0.393. The molecule has 0 heterocycles. The number of carbonyl (C=O) groups excluding carboxylic acids is 2. The molecule has 0 unspecified atom stereocenters. The number of rotatable bonds is 7. The molecule has 0 bridgehead atoms. The standard InChI is InChI=1S/C22H15N3O7/c1-14(26)32-23-21(16-5-3-2-4-6-16)22(27)17-9-7-15(8-10-17)19-12-11-18(24(28)29)13-20(19)25(30)31/h2-13H,1H3/b23-21-. The quantitative estimate of drug-likeness (QED) is 0.177. The average molecular weight is 433 g/mol. The number of nitro benzene ring substituents is 2. The smallest absolute Gasteiger partial charge is 0.318 e. The van der Waals surface area contributed by atoms with Gasteiger partial charge in [-0.3, -0.25) is 25.0 Å². The van der Waals surface area contributed by atoms with E-state index in [0.29, 0.717) is 11.1 Å². The van der Waals surface area contributed by atoms with Crippen LogP contribution in [-0.4, -0.2) is 27.3 Å². The van der Waals surface area contributed by atoms with Gasteiger partial charge in [0.1, 0.15) is 0 Å². The van der Waals surface area contributed by atoms with Crippen LogP contribution in [0.25, 0.3) is 11.1 Å². The Morgan fingerprint density at radius 2 is 1.50 bits per heavy atom. The third kappa shape index (κ3) is 4.87. The van der Waals surface area contributed by atoms with E-state index in [4.69, 9.17) is 0 Å². The van der Waals surface area contributed by atoms with Crippen LogP contribution in [0.3, 0.4) is 0 Å². The van der Waals surface area contributed by atoms with E-state index in [9.17, 15) is 29.8 Å². The average Bonchev–Trinajstić information content (AvgIpc) is 2.79. The van der Waals surface area contributed by atoms with Gasteiger partial charge in [0.25, 0.3) is 11.4 Å². The number of ketones is 1. The summed E-state index contributed by atoms with van der Waals surface area (Å²) < 4.78 is 0. The first-order chi connectivity index (χ1) is 15.3. The van der Waals surface area contributed by atoms with Gasteiger partial charge in [-0.25, -0.2) is 4.79 Å². The van der Waals surface area contributed by atoms with Gasteiger partial charge in [0.15, 0.2) is 5.71 Å². The van der Waals surface area contributed by atoms with Gasteiger partial charge in [0, 0.05) is 24.1 Å². The van der Waals surface area contributed by atoms with Gasteiger partial charge in [-0.1, -0.05) is 59.8 Å². The van der Waals surface area contributed by atoms with Crippen LogP contribution in [0, 0.1) is 20.2 Å². The maximum Gasteiger partial charge on any atom is 0.332 e. The summed E-state index contributed by atoms with van der Waals surface area (Å²) in [5.41, 5.74) is 0.274. The van der Waals surface area contributed by atoms with Gasteiger partial charge in [0.05, 0.1) is 21.5 Å². The molecule has 3 aromatic rings. The molecule has 0 N–H and O–H groups in total. The largest absolute Gasteiger partial charge is 0.332 e. The molecule has 0 spiro atoms. The number of nitro groups is 2. The molecule has 10 nitrogen and oxygen atoms in total. The Labute approximate surface area is 181 Å². The second kappa shape index (κ2) is 9.39. The van der Waals surface area contributed by atoms with E-state index in [-0.39, 0.29) is 16.8 Å².